The first-order valence-corrected chi connectivity index (χ1v) is 6.06. The van der Waals surface area contributed by atoms with Gasteiger partial charge in [-0.2, -0.15) is 0 Å². The summed E-state index contributed by atoms with van der Waals surface area (Å²) >= 11 is 5.67. The molecule has 0 aromatic heterocycles. The Labute approximate surface area is 123 Å². The van der Waals surface area contributed by atoms with Crippen LogP contribution in [-0.2, 0) is 0 Å². The summed E-state index contributed by atoms with van der Waals surface area (Å²) in [7, 11) is 0. The van der Waals surface area contributed by atoms with Crippen molar-refractivity contribution in [3.63, 3.8) is 0 Å². The number of carbonyl (C=O) groups is 2. The van der Waals surface area contributed by atoms with Crippen molar-refractivity contribution in [2.24, 2.45) is 0 Å². The second-order valence-electron chi connectivity index (χ2n) is 4.00. The third-order valence-electron chi connectivity index (χ3n) is 2.66. The zero-order valence-electron chi connectivity index (χ0n) is 10.4. The van der Waals surface area contributed by atoms with Gasteiger partial charge in [0.2, 0.25) is 0 Å². The quantitative estimate of drug-likeness (QED) is 0.913. The van der Waals surface area contributed by atoms with Gasteiger partial charge < -0.3 is 5.11 Å². The Morgan fingerprint density at radius 2 is 1.52 bits per heavy atom. The van der Waals surface area contributed by atoms with Gasteiger partial charge >= 0.3 is 6.09 Å². The van der Waals surface area contributed by atoms with E-state index in [0.29, 0.717) is 5.02 Å². The van der Waals surface area contributed by atoms with Crippen LogP contribution in [0.5, 0.6) is 0 Å². The summed E-state index contributed by atoms with van der Waals surface area (Å²) in [5, 5.41) is 9.46. The van der Waals surface area contributed by atoms with Crippen LogP contribution in [0.2, 0.25) is 5.02 Å². The molecule has 0 atom stereocenters. The minimum atomic E-state index is -1.66. The van der Waals surface area contributed by atoms with Crippen LogP contribution >= 0.6 is 11.6 Å². The largest absolute Gasteiger partial charge is 0.464 e. The van der Waals surface area contributed by atoms with Gasteiger partial charge in [-0.15, -0.1) is 0 Å². The number of anilines is 1. The molecule has 4 nitrogen and oxygen atoms in total. The minimum Gasteiger partial charge on any atom is -0.464 e. The lowest BCUT2D eigenvalue weighted by atomic mass is 10.1. The molecule has 0 spiro atoms. The SMILES string of the molecule is O=C(O)N(C(=O)c1c(F)cccc1F)c1ccc(Cl)cc1. The van der Waals surface area contributed by atoms with Crippen molar-refractivity contribution in [1.82, 2.24) is 0 Å². The van der Waals surface area contributed by atoms with E-state index < -0.39 is 29.2 Å². The van der Waals surface area contributed by atoms with Gasteiger partial charge in [0.05, 0.1) is 5.69 Å². The number of imide groups is 1. The zero-order valence-corrected chi connectivity index (χ0v) is 11.1. The molecule has 0 radical (unpaired) electrons. The maximum absolute atomic E-state index is 13.6. The molecule has 0 unspecified atom stereocenters. The van der Waals surface area contributed by atoms with Crippen LogP contribution in [0.25, 0.3) is 0 Å². The van der Waals surface area contributed by atoms with E-state index in [1.807, 2.05) is 0 Å². The summed E-state index contributed by atoms with van der Waals surface area (Å²) in [5.41, 5.74) is -1.01. The van der Waals surface area contributed by atoms with E-state index in [4.69, 9.17) is 16.7 Å². The first-order chi connectivity index (χ1) is 9.91. The minimum absolute atomic E-state index is 0.0699. The summed E-state index contributed by atoms with van der Waals surface area (Å²) in [6.07, 6.45) is -1.66. The van der Waals surface area contributed by atoms with Crippen LogP contribution in [0, 0.1) is 11.6 Å². The highest BCUT2D eigenvalue weighted by Crippen LogP contribution is 2.22. The van der Waals surface area contributed by atoms with Gasteiger partial charge in [-0.05, 0) is 36.4 Å². The maximum atomic E-state index is 13.6. The smallest absolute Gasteiger partial charge is 0.419 e. The topological polar surface area (TPSA) is 57.6 Å². The highest BCUT2D eigenvalue weighted by molar-refractivity contribution is 6.30. The van der Waals surface area contributed by atoms with E-state index in [1.54, 1.807) is 0 Å². The summed E-state index contributed by atoms with van der Waals surface area (Å²) in [6.45, 7) is 0. The van der Waals surface area contributed by atoms with Crippen molar-refractivity contribution in [2.45, 2.75) is 0 Å². The third kappa shape index (κ3) is 3.00. The number of benzene rings is 2. The van der Waals surface area contributed by atoms with Crippen molar-refractivity contribution in [2.75, 3.05) is 4.90 Å². The molecule has 0 heterocycles. The van der Waals surface area contributed by atoms with E-state index in [9.17, 15) is 18.4 Å². The van der Waals surface area contributed by atoms with Crippen LogP contribution in [0.15, 0.2) is 42.5 Å². The number of nitrogens with zero attached hydrogens (tertiary/aromatic N) is 1. The fraction of sp³-hybridized carbons (Fsp3) is 0. The molecular weight excluding hydrogens is 304 g/mol. The summed E-state index contributed by atoms with van der Waals surface area (Å²) < 4.78 is 27.2. The number of carboxylic acid groups (broad SMARTS) is 1. The lowest BCUT2D eigenvalue weighted by Crippen LogP contribution is -2.36. The molecular formula is C14H8ClF2NO3. The van der Waals surface area contributed by atoms with Crippen molar-refractivity contribution >= 4 is 29.3 Å². The van der Waals surface area contributed by atoms with Crippen LogP contribution in [0.3, 0.4) is 0 Å². The average molecular weight is 312 g/mol. The first kappa shape index (κ1) is 14.9. The van der Waals surface area contributed by atoms with Crippen molar-refractivity contribution in [3.8, 4) is 0 Å². The number of rotatable bonds is 2. The average Bonchev–Trinajstić information content (AvgIpc) is 2.40. The Morgan fingerprint density at radius 3 is 2.00 bits per heavy atom. The Bertz CT molecular complexity index is 684. The third-order valence-corrected chi connectivity index (χ3v) is 2.91. The normalized spacial score (nSPS) is 10.2. The molecule has 0 aliphatic carbocycles. The predicted molar refractivity (Wildman–Crippen MR) is 72.6 cm³/mol. The van der Waals surface area contributed by atoms with Gasteiger partial charge in [0.15, 0.2) is 0 Å². The fourth-order valence-corrected chi connectivity index (χ4v) is 1.84. The number of halogens is 3. The Morgan fingerprint density at radius 1 is 1.00 bits per heavy atom. The summed E-state index contributed by atoms with van der Waals surface area (Å²) in [6, 6.07) is 8.06. The van der Waals surface area contributed by atoms with Gasteiger partial charge in [-0.1, -0.05) is 17.7 Å². The highest BCUT2D eigenvalue weighted by Gasteiger charge is 2.29. The molecule has 1 N–H and O–H groups in total. The molecule has 2 amide bonds. The monoisotopic (exact) mass is 311 g/mol. The van der Waals surface area contributed by atoms with E-state index >= 15 is 0 Å². The fourth-order valence-electron chi connectivity index (χ4n) is 1.72. The van der Waals surface area contributed by atoms with Gasteiger partial charge in [-0.3, -0.25) is 4.79 Å². The first-order valence-electron chi connectivity index (χ1n) is 5.69. The number of hydrogen-bond donors (Lipinski definition) is 1. The highest BCUT2D eigenvalue weighted by atomic mass is 35.5. The second kappa shape index (κ2) is 5.88. The number of amides is 2. The molecule has 21 heavy (non-hydrogen) atoms. The molecule has 2 aromatic carbocycles. The predicted octanol–water partition coefficient (Wildman–Crippen LogP) is 3.94. The molecule has 2 rings (SSSR count). The molecule has 108 valence electrons. The van der Waals surface area contributed by atoms with Crippen LogP contribution in [0.1, 0.15) is 10.4 Å². The molecule has 0 aliphatic rings. The van der Waals surface area contributed by atoms with Gasteiger partial charge in [0, 0.05) is 5.02 Å². The lowest BCUT2D eigenvalue weighted by Gasteiger charge is -2.18. The van der Waals surface area contributed by atoms with Crippen molar-refractivity contribution < 1.29 is 23.5 Å². The van der Waals surface area contributed by atoms with E-state index in [0.717, 1.165) is 18.2 Å². The molecule has 0 saturated carbocycles. The van der Waals surface area contributed by atoms with Gasteiger partial charge in [0.1, 0.15) is 17.2 Å². The Balaban J connectivity index is 2.51. The molecule has 7 heteroatoms. The number of hydrogen-bond acceptors (Lipinski definition) is 2. The van der Waals surface area contributed by atoms with Gasteiger partial charge in [0.25, 0.3) is 5.91 Å². The van der Waals surface area contributed by atoms with E-state index in [1.165, 1.54) is 24.3 Å². The van der Waals surface area contributed by atoms with Gasteiger partial charge in [-0.25, -0.2) is 18.5 Å². The Hall–Kier alpha value is -2.47. The summed E-state index contributed by atoms with van der Waals surface area (Å²) in [4.78, 5) is 23.6. The van der Waals surface area contributed by atoms with Crippen LogP contribution in [-0.4, -0.2) is 17.1 Å². The maximum Gasteiger partial charge on any atom is 0.419 e. The molecule has 0 bridgehead atoms. The zero-order chi connectivity index (χ0) is 15.6. The van der Waals surface area contributed by atoms with E-state index in [2.05, 4.69) is 0 Å². The van der Waals surface area contributed by atoms with Crippen molar-refractivity contribution in [1.29, 1.82) is 0 Å². The molecule has 0 fully saturated rings. The molecule has 2 aromatic rings. The second-order valence-corrected chi connectivity index (χ2v) is 4.43. The number of carbonyl (C=O) groups excluding carboxylic acids is 1. The van der Waals surface area contributed by atoms with E-state index in [-0.39, 0.29) is 10.6 Å². The van der Waals surface area contributed by atoms with Crippen LogP contribution < -0.4 is 4.90 Å². The lowest BCUT2D eigenvalue weighted by molar-refractivity contribution is 0.0975. The standard InChI is InChI=1S/C14H8ClF2NO3/c15-8-4-6-9(7-5-8)18(14(20)21)13(19)12-10(16)2-1-3-11(12)17/h1-7H,(H,20,21). The molecule has 0 saturated heterocycles. The summed E-state index contributed by atoms with van der Waals surface area (Å²) in [5.74, 6) is -3.60. The van der Waals surface area contributed by atoms with Crippen molar-refractivity contribution in [3.05, 3.63) is 64.7 Å². The van der Waals surface area contributed by atoms with Crippen LogP contribution in [0.4, 0.5) is 19.3 Å². The molecule has 0 aliphatic heterocycles. The Kier molecular flexibility index (Phi) is 4.18.